The monoisotopic (exact) mass is 627 g/mol. The van der Waals surface area contributed by atoms with E-state index in [1.54, 1.807) is 42.7 Å². The summed E-state index contributed by atoms with van der Waals surface area (Å²) in [5.41, 5.74) is -0.998. The van der Waals surface area contributed by atoms with Crippen molar-refractivity contribution in [1.82, 2.24) is 14.7 Å². The van der Waals surface area contributed by atoms with Crippen molar-refractivity contribution < 1.29 is 32.3 Å². The van der Waals surface area contributed by atoms with Crippen LogP contribution >= 0.6 is 23.2 Å². The lowest BCUT2D eigenvalue weighted by Crippen LogP contribution is -2.46. The molecule has 2 aromatic rings. The van der Waals surface area contributed by atoms with Crippen LogP contribution in [-0.2, 0) is 15.7 Å². The van der Waals surface area contributed by atoms with E-state index < -0.39 is 40.4 Å². The van der Waals surface area contributed by atoms with Crippen molar-refractivity contribution in [3.8, 4) is 0 Å². The normalized spacial score (nSPS) is 20.0. The van der Waals surface area contributed by atoms with E-state index in [1.165, 1.54) is 18.0 Å². The highest BCUT2D eigenvalue weighted by molar-refractivity contribution is 6.31. The number of rotatable bonds is 4. The molecule has 0 unspecified atom stereocenters. The number of carbonyl (C=O) groups excluding carboxylic acids is 3. The van der Waals surface area contributed by atoms with Crippen molar-refractivity contribution in [2.24, 2.45) is 5.92 Å². The average Bonchev–Trinajstić information content (AvgIpc) is 3.36. The highest BCUT2D eigenvalue weighted by Crippen LogP contribution is 2.37. The Morgan fingerprint density at radius 1 is 0.929 bits per heavy atom. The first kappa shape index (κ1) is 31.9. The number of halogens is 5. The van der Waals surface area contributed by atoms with Gasteiger partial charge in [0.1, 0.15) is 5.60 Å². The molecule has 4 rings (SSSR count). The minimum atomic E-state index is -4.71. The van der Waals surface area contributed by atoms with Crippen LogP contribution in [0, 0.1) is 5.92 Å². The molecule has 3 amide bonds. The van der Waals surface area contributed by atoms with Crippen molar-refractivity contribution in [2.45, 2.75) is 57.3 Å². The van der Waals surface area contributed by atoms with Crippen LogP contribution in [0.25, 0.3) is 0 Å². The first-order valence-corrected chi connectivity index (χ1v) is 14.5. The second kappa shape index (κ2) is 12.3. The fourth-order valence-corrected chi connectivity index (χ4v) is 5.87. The molecule has 0 bridgehead atoms. The van der Waals surface area contributed by atoms with Gasteiger partial charge >= 0.3 is 12.3 Å². The van der Waals surface area contributed by atoms with Crippen LogP contribution in [0.1, 0.15) is 61.0 Å². The van der Waals surface area contributed by atoms with E-state index in [0.29, 0.717) is 37.5 Å². The van der Waals surface area contributed by atoms with Gasteiger partial charge < -0.3 is 19.4 Å². The summed E-state index contributed by atoms with van der Waals surface area (Å²) in [6, 6.07) is 9.69. The van der Waals surface area contributed by atoms with Crippen LogP contribution < -0.4 is 0 Å². The zero-order valence-corrected chi connectivity index (χ0v) is 25.4. The zero-order valence-electron chi connectivity index (χ0n) is 23.9. The molecule has 0 radical (unpaired) electrons. The Hall–Kier alpha value is -2.98. The quantitative estimate of drug-likeness (QED) is 0.377. The largest absolute Gasteiger partial charge is 0.444 e. The number of benzene rings is 2. The van der Waals surface area contributed by atoms with E-state index in [1.807, 2.05) is 12.1 Å². The molecule has 2 saturated heterocycles. The standard InChI is InChI=1S/C30H34Cl2F3N3O4/c1-29(2,3)42-28(41)37-13-11-19(12-14-37)27(40)38-16-22(18-5-8-21(31)9-6-18)25(17-38)36(4)26(39)20-7-10-24(32)23(15-20)30(33,34)35/h5-10,15,19,22,25H,11-14,16-17H2,1-4H3/t22-,25-/m1/s1. The predicted molar refractivity (Wildman–Crippen MR) is 154 cm³/mol. The number of amides is 3. The van der Waals surface area contributed by atoms with Gasteiger partial charge in [0, 0.05) is 55.6 Å². The molecule has 0 N–H and O–H groups in total. The average molecular weight is 629 g/mol. The van der Waals surface area contributed by atoms with Crippen molar-refractivity contribution >= 4 is 41.1 Å². The summed E-state index contributed by atoms with van der Waals surface area (Å²) in [5, 5.41) is 0.0411. The third-order valence-corrected chi connectivity index (χ3v) is 8.31. The summed E-state index contributed by atoms with van der Waals surface area (Å²) >= 11 is 11.9. The van der Waals surface area contributed by atoms with Crippen LogP contribution in [-0.4, -0.2) is 77.5 Å². The summed E-state index contributed by atoms with van der Waals surface area (Å²) < 4.78 is 45.9. The maximum atomic E-state index is 13.7. The van der Waals surface area contributed by atoms with Crippen molar-refractivity contribution in [2.75, 3.05) is 33.2 Å². The summed E-state index contributed by atoms with van der Waals surface area (Å²) in [4.78, 5) is 44.3. The SMILES string of the molecule is CN(C(=O)c1ccc(Cl)c(C(F)(F)F)c1)[C@@H]1CN(C(=O)C2CCN(C(=O)OC(C)(C)C)CC2)C[C@@H]1c1ccc(Cl)cc1. The van der Waals surface area contributed by atoms with Crippen LogP contribution in [0.2, 0.25) is 10.0 Å². The molecule has 7 nitrogen and oxygen atoms in total. The second-order valence-corrected chi connectivity index (χ2v) is 12.7. The Morgan fingerprint density at radius 2 is 1.55 bits per heavy atom. The molecule has 2 aliphatic heterocycles. The number of piperidine rings is 1. The van der Waals surface area contributed by atoms with Crippen molar-refractivity contribution in [1.29, 1.82) is 0 Å². The molecular weight excluding hydrogens is 594 g/mol. The topological polar surface area (TPSA) is 70.2 Å². The van der Waals surface area contributed by atoms with E-state index >= 15 is 0 Å². The van der Waals surface area contributed by atoms with Crippen molar-refractivity contribution in [3.63, 3.8) is 0 Å². The molecule has 2 aromatic carbocycles. The number of likely N-dealkylation sites (N-methyl/N-ethyl adjacent to an activating group) is 1. The Bertz CT molecular complexity index is 1320. The van der Waals surface area contributed by atoms with Gasteiger partial charge in [-0.2, -0.15) is 13.2 Å². The third kappa shape index (κ3) is 7.32. The Kier molecular flexibility index (Phi) is 9.37. The molecule has 0 spiro atoms. The molecule has 2 heterocycles. The van der Waals surface area contributed by atoms with Crippen LogP contribution in [0.3, 0.4) is 0 Å². The molecule has 0 aromatic heterocycles. The lowest BCUT2D eigenvalue weighted by atomic mass is 9.93. The Morgan fingerprint density at radius 3 is 2.12 bits per heavy atom. The maximum Gasteiger partial charge on any atom is 0.417 e. The number of carbonyl (C=O) groups is 3. The minimum Gasteiger partial charge on any atom is -0.444 e. The van der Waals surface area contributed by atoms with Gasteiger partial charge in [-0.25, -0.2) is 4.79 Å². The molecule has 12 heteroatoms. The van der Waals surface area contributed by atoms with Gasteiger partial charge in [-0.15, -0.1) is 0 Å². The molecule has 42 heavy (non-hydrogen) atoms. The minimum absolute atomic E-state index is 0.0769. The number of hydrogen-bond acceptors (Lipinski definition) is 4. The number of nitrogens with zero attached hydrogens (tertiary/aromatic N) is 3. The van der Waals surface area contributed by atoms with E-state index in [0.717, 1.165) is 17.7 Å². The van der Waals surface area contributed by atoms with E-state index in [2.05, 4.69) is 0 Å². The molecule has 228 valence electrons. The van der Waals surface area contributed by atoms with Crippen LogP contribution in [0.5, 0.6) is 0 Å². The summed E-state index contributed by atoms with van der Waals surface area (Å²) in [5.74, 6) is -1.29. The molecule has 0 aliphatic carbocycles. The smallest absolute Gasteiger partial charge is 0.417 e. The number of ether oxygens (including phenoxy) is 1. The fourth-order valence-electron chi connectivity index (χ4n) is 5.52. The highest BCUT2D eigenvalue weighted by Gasteiger charge is 2.43. The molecule has 2 fully saturated rings. The molecule has 2 aliphatic rings. The summed E-state index contributed by atoms with van der Waals surface area (Å²) in [6.07, 6.45) is -4.17. The van der Waals surface area contributed by atoms with Gasteiger partial charge in [-0.05, 0) is 69.5 Å². The lowest BCUT2D eigenvalue weighted by Gasteiger charge is -2.34. The van der Waals surface area contributed by atoms with Crippen LogP contribution in [0.4, 0.5) is 18.0 Å². The van der Waals surface area contributed by atoms with Gasteiger partial charge in [0.25, 0.3) is 5.91 Å². The zero-order chi connectivity index (χ0) is 31.0. The highest BCUT2D eigenvalue weighted by atomic mass is 35.5. The number of hydrogen-bond donors (Lipinski definition) is 0. The summed E-state index contributed by atoms with van der Waals surface area (Å²) in [6.45, 7) is 6.70. The van der Waals surface area contributed by atoms with Gasteiger partial charge in [-0.3, -0.25) is 9.59 Å². The van der Waals surface area contributed by atoms with Gasteiger partial charge in [0.2, 0.25) is 5.91 Å². The lowest BCUT2D eigenvalue weighted by molar-refractivity contribution is -0.137. The van der Waals surface area contributed by atoms with Gasteiger partial charge in [0.05, 0.1) is 16.6 Å². The van der Waals surface area contributed by atoms with Crippen molar-refractivity contribution in [3.05, 3.63) is 69.2 Å². The number of alkyl halides is 3. The molecule has 2 atom stereocenters. The third-order valence-electron chi connectivity index (χ3n) is 7.73. The molecule has 0 saturated carbocycles. The van der Waals surface area contributed by atoms with Gasteiger partial charge in [0.15, 0.2) is 0 Å². The molecular formula is C30H34Cl2F3N3O4. The van der Waals surface area contributed by atoms with Crippen LogP contribution in [0.15, 0.2) is 42.5 Å². The maximum absolute atomic E-state index is 13.7. The van der Waals surface area contributed by atoms with E-state index in [9.17, 15) is 27.6 Å². The first-order valence-electron chi connectivity index (χ1n) is 13.7. The van der Waals surface area contributed by atoms with E-state index in [4.69, 9.17) is 27.9 Å². The summed E-state index contributed by atoms with van der Waals surface area (Å²) in [7, 11) is 1.53. The Balaban J connectivity index is 1.52. The fraction of sp³-hybridized carbons (Fsp3) is 0.500. The van der Waals surface area contributed by atoms with Gasteiger partial charge in [-0.1, -0.05) is 35.3 Å². The predicted octanol–water partition coefficient (Wildman–Crippen LogP) is 6.73. The second-order valence-electron chi connectivity index (χ2n) is 11.8. The first-order chi connectivity index (χ1) is 19.5. The van der Waals surface area contributed by atoms with E-state index in [-0.39, 0.29) is 29.9 Å². The Labute approximate surface area is 253 Å². The number of likely N-dealkylation sites (tertiary alicyclic amines) is 2.